The zero-order valence-electron chi connectivity index (χ0n) is 19.4. The van der Waals surface area contributed by atoms with Crippen LogP contribution in [0, 0.1) is 0 Å². The predicted octanol–water partition coefficient (Wildman–Crippen LogP) is 5.88. The third-order valence-corrected chi connectivity index (χ3v) is 8.15. The van der Waals surface area contributed by atoms with Crippen LogP contribution in [0.5, 0.6) is 0 Å². The van der Waals surface area contributed by atoms with Crippen molar-refractivity contribution in [2.75, 3.05) is 11.4 Å². The first kappa shape index (κ1) is 22.2. The molecule has 0 bridgehead atoms. The number of nitrogens with one attached hydrogen (secondary N) is 1. The van der Waals surface area contributed by atoms with Gasteiger partial charge in [-0.15, -0.1) is 11.3 Å². The number of hydrogen-bond donors (Lipinski definition) is 2. The molecule has 4 nitrogen and oxygen atoms in total. The summed E-state index contributed by atoms with van der Waals surface area (Å²) in [7, 11) is 0. The zero-order valence-corrected chi connectivity index (χ0v) is 20.2. The highest BCUT2D eigenvalue weighted by atomic mass is 32.1. The maximum atomic E-state index is 14.3. The molecule has 2 N–H and O–H groups in total. The molecular formula is C30H28N2O2S. The maximum Gasteiger partial charge on any atom is 0.239 e. The Bertz CT molecular complexity index is 1290. The van der Waals surface area contributed by atoms with Crippen LogP contribution < -0.4 is 10.2 Å². The van der Waals surface area contributed by atoms with Gasteiger partial charge < -0.3 is 10.0 Å². The van der Waals surface area contributed by atoms with Crippen LogP contribution in [0.25, 0.3) is 10.4 Å². The second-order valence-electron chi connectivity index (χ2n) is 9.36. The molecule has 1 fully saturated rings. The van der Waals surface area contributed by atoms with Gasteiger partial charge in [0.1, 0.15) is 6.23 Å². The minimum atomic E-state index is -0.634. The van der Waals surface area contributed by atoms with Crippen LogP contribution in [-0.2, 0) is 11.2 Å². The second kappa shape index (κ2) is 9.42. The van der Waals surface area contributed by atoms with Gasteiger partial charge in [-0.3, -0.25) is 10.1 Å². The maximum absolute atomic E-state index is 14.3. The molecule has 1 unspecified atom stereocenters. The fraction of sp³-hybridized carbons (Fsp3) is 0.233. The molecule has 2 aliphatic rings. The lowest BCUT2D eigenvalue weighted by Gasteiger charge is -2.28. The topological polar surface area (TPSA) is 52.6 Å². The van der Waals surface area contributed by atoms with Gasteiger partial charge in [-0.05, 0) is 48.1 Å². The van der Waals surface area contributed by atoms with Crippen molar-refractivity contribution in [2.24, 2.45) is 0 Å². The Morgan fingerprint density at radius 3 is 2.20 bits per heavy atom. The summed E-state index contributed by atoms with van der Waals surface area (Å²) in [4.78, 5) is 18.3. The number of nitrogens with zero attached hydrogens (tertiary/aromatic N) is 1. The second-order valence-corrected chi connectivity index (χ2v) is 10.4. The largest absolute Gasteiger partial charge is 0.373 e. The molecule has 1 saturated carbocycles. The molecular weight excluding hydrogens is 452 g/mol. The summed E-state index contributed by atoms with van der Waals surface area (Å²) in [5, 5.41) is 14.0. The van der Waals surface area contributed by atoms with Crippen LogP contribution in [0.1, 0.15) is 46.6 Å². The van der Waals surface area contributed by atoms with Crippen molar-refractivity contribution >= 4 is 22.9 Å². The number of rotatable bonds is 6. The Hall–Kier alpha value is -3.25. The third kappa shape index (κ3) is 4.43. The molecule has 6 rings (SSSR count). The predicted molar refractivity (Wildman–Crippen MR) is 142 cm³/mol. The first-order valence-corrected chi connectivity index (χ1v) is 13.1. The Morgan fingerprint density at radius 1 is 0.914 bits per heavy atom. The van der Waals surface area contributed by atoms with Gasteiger partial charge >= 0.3 is 0 Å². The van der Waals surface area contributed by atoms with E-state index in [9.17, 15) is 9.90 Å². The van der Waals surface area contributed by atoms with Gasteiger partial charge in [-0.1, -0.05) is 78.9 Å². The van der Waals surface area contributed by atoms with Crippen molar-refractivity contribution < 1.29 is 9.90 Å². The van der Waals surface area contributed by atoms with Crippen LogP contribution >= 0.6 is 11.3 Å². The van der Waals surface area contributed by atoms with Gasteiger partial charge in [0.15, 0.2) is 0 Å². The van der Waals surface area contributed by atoms with Crippen molar-refractivity contribution in [2.45, 2.75) is 37.5 Å². The quantitative estimate of drug-likeness (QED) is 0.339. The van der Waals surface area contributed by atoms with Gasteiger partial charge in [0.2, 0.25) is 5.91 Å². The van der Waals surface area contributed by atoms with E-state index < -0.39 is 6.23 Å². The summed E-state index contributed by atoms with van der Waals surface area (Å²) in [6, 6.07) is 30.8. The minimum Gasteiger partial charge on any atom is -0.373 e. The number of para-hydroxylation sites is 1. The SMILES string of the molecule is O=C(C(c1ccccc1)c1ccccc1)N1CCc2cc(C(O)NC3CC3)sc2-c2ccccc21. The minimum absolute atomic E-state index is 0.0839. The standard InChI is InChI=1S/C30H28N2O2S/c33-29(31-23-15-16-23)26-19-22-17-18-32(25-14-8-7-13-24(25)28(22)35-26)30(34)27(20-9-3-1-4-10-20)21-11-5-2-6-12-21/h1-14,19,23,27,29,31,33H,15-18H2. The number of aliphatic hydroxyl groups is 1. The molecule has 1 atom stereocenters. The fourth-order valence-corrected chi connectivity index (χ4v) is 6.15. The van der Waals surface area contributed by atoms with E-state index in [1.54, 1.807) is 11.3 Å². The molecule has 5 heteroatoms. The highest BCUT2D eigenvalue weighted by Gasteiger charge is 2.33. The zero-order chi connectivity index (χ0) is 23.8. The molecule has 1 aliphatic carbocycles. The Labute approximate surface area is 209 Å². The Balaban J connectivity index is 1.39. The lowest BCUT2D eigenvalue weighted by atomic mass is 9.89. The van der Waals surface area contributed by atoms with Gasteiger partial charge in [-0.2, -0.15) is 0 Å². The average molecular weight is 481 g/mol. The van der Waals surface area contributed by atoms with Crippen LogP contribution in [0.15, 0.2) is 91.0 Å². The number of anilines is 1. The highest BCUT2D eigenvalue weighted by Crippen LogP contribution is 2.44. The van der Waals surface area contributed by atoms with E-state index in [1.807, 2.05) is 83.8 Å². The number of thiophene rings is 1. The first-order valence-electron chi connectivity index (χ1n) is 12.3. The van der Waals surface area contributed by atoms with E-state index in [1.165, 1.54) is 5.56 Å². The smallest absolute Gasteiger partial charge is 0.239 e. The van der Waals surface area contributed by atoms with Crippen LogP contribution in [-0.4, -0.2) is 23.6 Å². The molecule has 2 heterocycles. The Kier molecular flexibility index (Phi) is 5.98. The van der Waals surface area contributed by atoms with Crippen LogP contribution in [0.3, 0.4) is 0 Å². The van der Waals surface area contributed by atoms with Gasteiger partial charge in [0.05, 0.1) is 11.6 Å². The highest BCUT2D eigenvalue weighted by molar-refractivity contribution is 7.15. The number of amides is 1. The normalized spacial score (nSPS) is 15.9. The van der Waals surface area contributed by atoms with E-state index in [2.05, 4.69) is 17.4 Å². The van der Waals surface area contributed by atoms with E-state index in [4.69, 9.17) is 0 Å². The van der Waals surface area contributed by atoms with E-state index in [0.29, 0.717) is 12.6 Å². The lowest BCUT2D eigenvalue weighted by molar-refractivity contribution is -0.119. The summed E-state index contributed by atoms with van der Waals surface area (Å²) < 4.78 is 0. The number of carbonyl (C=O) groups is 1. The van der Waals surface area contributed by atoms with Crippen molar-refractivity contribution in [1.29, 1.82) is 0 Å². The van der Waals surface area contributed by atoms with Crippen molar-refractivity contribution in [1.82, 2.24) is 5.32 Å². The first-order chi connectivity index (χ1) is 17.2. The van der Waals surface area contributed by atoms with Crippen LogP contribution in [0.4, 0.5) is 5.69 Å². The molecule has 176 valence electrons. The average Bonchev–Trinajstić information content (AvgIpc) is 3.64. The third-order valence-electron chi connectivity index (χ3n) is 6.89. The van der Waals surface area contributed by atoms with Gasteiger partial charge in [0, 0.05) is 27.9 Å². The van der Waals surface area contributed by atoms with Crippen LogP contribution in [0.2, 0.25) is 0 Å². The van der Waals surface area contributed by atoms with E-state index >= 15 is 0 Å². The summed E-state index contributed by atoms with van der Waals surface area (Å²) in [5.74, 6) is -0.289. The lowest BCUT2D eigenvalue weighted by Crippen LogP contribution is -2.37. The molecule has 0 spiro atoms. The van der Waals surface area contributed by atoms with Crippen molar-refractivity contribution in [3.63, 3.8) is 0 Å². The van der Waals surface area contributed by atoms with Gasteiger partial charge in [-0.25, -0.2) is 0 Å². The summed E-state index contributed by atoms with van der Waals surface area (Å²) in [6.45, 7) is 0.599. The number of aliphatic hydroxyl groups excluding tert-OH is 1. The summed E-state index contributed by atoms with van der Waals surface area (Å²) in [5.41, 5.74) is 5.18. The van der Waals surface area contributed by atoms with E-state index in [0.717, 1.165) is 51.4 Å². The summed E-state index contributed by atoms with van der Waals surface area (Å²) >= 11 is 1.63. The number of fused-ring (bicyclic) bond motifs is 3. The van der Waals surface area contributed by atoms with Crippen molar-refractivity contribution in [3.05, 3.63) is 113 Å². The Morgan fingerprint density at radius 2 is 1.54 bits per heavy atom. The molecule has 1 aromatic heterocycles. The molecule has 35 heavy (non-hydrogen) atoms. The molecule has 4 aromatic rings. The number of hydrogen-bond acceptors (Lipinski definition) is 4. The molecule has 0 saturated heterocycles. The monoisotopic (exact) mass is 480 g/mol. The van der Waals surface area contributed by atoms with E-state index in [-0.39, 0.29) is 11.8 Å². The fourth-order valence-electron chi connectivity index (χ4n) is 4.96. The molecule has 1 aliphatic heterocycles. The summed E-state index contributed by atoms with van der Waals surface area (Å²) in [6.07, 6.45) is 2.38. The number of benzene rings is 3. The molecule has 3 aromatic carbocycles. The van der Waals surface area contributed by atoms with Gasteiger partial charge in [0.25, 0.3) is 0 Å². The molecule has 1 amide bonds. The number of carbonyl (C=O) groups excluding carboxylic acids is 1. The van der Waals surface area contributed by atoms with Crippen molar-refractivity contribution in [3.8, 4) is 10.4 Å². The molecule has 0 radical (unpaired) electrons.